The molecule has 0 aliphatic heterocycles. The number of aliphatic hydroxyl groups is 1. The monoisotopic (exact) mass is 300 g/mol. The van der Waals surface area contributed by atoms with Crippen LogP contribution in [0.1, 0.15) is 33.1 Å². The van der Waals surface area contributed by atoms with E-state index in [-0.39, 0.29) is 18.6 Å². The molecular weight excluding hydrogens is 284 g/mol. The van der Waals surface area contributed by atoms with Crippen LogP contribution in [-0.2, 0) is 9.59 Å². The van der Waals surface area contributed by atoms with Gasteiger partial charge in [0, 0.05) is 6.42 Å². The summed E-state index contributed by atoms with van der Waals surface area (Å²) in [6.07, 6.45) is 6.59. The van der Waals surface area contributed by atoms with E-state index in [0.717, 1.165) is 4.48 Å². The Morgan fingerprint density at radius 3 is 2.71 bits per heavy atom. The van der Waals surface area contributed by atoms with Crippen LogP contribution >= 0.6 is 15.9 Å². The molecule has 0 radical (unpaired) electrons. The second-order valence-corrected chi connectivity index (χ2v) is 5.32. The van der Waals surface area contributed by atoms with Crippen molar-refractivity contribution in [3.05, 3.63) is 22.7 Å². The minimum atomic E-state index is -1.62. The lowest BCUT2D eigenvalue weighted by Gasteiger charge is -2.41. The van der Waals surface area contributed by atoms with Crippen LogP contribution in [0.4, 0.5) is 0 Å². The van der Waals surface area contributed by atoms with E-state index >= 15 is 0 Å². The highest BCUT2D eigenvalue weighted by molar-refractivity contribution is 9.11. The number of hydrogen-bond acceptors (Lipinski definition) is 3. The Morgan fingerprint density at radius 2 is 2.29 bits per heavy atom. The molecule has 94 valence electrons. The number of ketones is 1. The number of rotatable bonds is 5. The maximum Gasteiger partial charge on any atom is 0.165 e. The van der Waals surface area contributed by atoms with E-state index in [2.05, 4.69) is 15.9 Å². The van der Waals surface area contributed by atoms with E-state index in [0.29, 0.717) is 12.7 Å². The minimum Gasteiger partial charge on any atom is -0.381 e. The van der Waals surface area contributed by atoms with Gasteiger partial charge in [0.1, 0.15) is 11.9 Å². The van der Waals surface area contributed by atoms with Crippen LogP contribution in [0.2, 0.25) is 0 Å². The molecule has 0 aromatic carbocycles. The van der Waals surface area contributed by atoms with Crippen LogP contribution in [0, 0.1) is 5.41 Å². The molecule has 2 atom stereocenters. The van der Waals surface area contributed by atoms with E-state index in [1.54, 1.807) is 26.0 Å². The van der Waals surface area contributed by atoms with Gasteiger partial charge in [0.2, 0.25) is 0 Å². The molecule has 0 spiro atoms. The van der Waals surface area contributed by atoms with Gasteiger partial charge < -0.3 is 9.90 Å². The van der Waals surface area contributed by atoms with Gasteiger partial charge in [-0.1, -0.05) is 48.0 Å². The molecule has 0 heterocycles. The predicted molar refractivity (Wildman–Crippen MR) is 69.8 cm³/mol. The molecule has 0 unspecified atom stereocenters. The third kappa shape index (κ3) is 2.29. The number of halogens is 1. The van der Waals surface area contributed by atoms with Gasteiger partial charge in [-0.25, -0.2) is 0 Å². The van der Waals surface area contributed by atoms with Crippen molar-refractivity contribution in [2.45, 2.75) is 38.7 Å². The molecule has 0 saturated carbocycles. The van der Waals surface area contributed by atoms with Crippen LogP contribution in [0.15, 0.2) is 22.7 Å². The highest BCUT2D eigenvalue weighted by Crippen LogP contribution is 2.44. The molecule has 1 aliphatic rings. The zero-order valence-electron chi connectivity index (χ0n) is 10.1. The first-order valence-electron chi connectivity index (χ1n) is 5.71. The average Bonchev–Trinajstić information content (AvgIpc) is 2.36. The Hall–Kier alpha value is -0.740. The number of carbonyl (C=O) groups excluding carboxylic acids is 2. The van der Waals surface area contributed by atoms with Gasteiger partial charge in [-0.05, 0) is 17.3 Å². The predicted octanol–water partition coefficient (Wildman–Crippen LogP) is 2.53. The Balaban J connectivity index is 3.25. The zero-order chi connectivity index (χ0) is 13.1. The fourth-order valence-corrected chi connectivity index (χ4v) is 2.88. The lowest BCUT2D eigenvalue weighted by molar-refractivity contribution is -0.154. The van der Waals surface area contributed by atoms with Gasteiger partial charge in [-0.2, -0.15) is 0 Å². The number of hydrogen-bond donors (Lipinski definition) is 1. The topological polar surface area (TPSA) is 54.4 Å². The molecule has 0 fully saturated rings. The number of carbonyl (C=O) groups is 2. The molecule has 3 nitrogen and oxygen atoms in total. The largest absolute Gasteiger partial charge is 0.381 e. The average molecular weight is 301 g/mol. The van der Waals surface area contributed by atoms with E-state index in [9.17, 15) is 14.7 Å². The fourth-order valence-electron chi connectivity index (χ4n) is 2.26. The van der Waals surface area contributed by atoms with E-state index in [1.165, 1.54) is 0 Å². The summed E-state index contributed by atoms with van der Waals surface area (Å²) in [5, 5.41) is 10.6. The molecule has 0 bridgehead atoms. The lowest BCUT2D eigenvalue weighted by atomic mass is 9.65. The van der Waals surface area contributed by atoms with Gasteiger partial charge in [-0.15, -0.1) is 0 Å². The van der Waals surface area contributed by atoms with E-state index in [1.807, 2.05) is 6.08 Å². The van der Waals surface area contributed by atoms with Gasteiger partial charge >= 0.3 is 0 Å². The van der Waals surface area contributed by atoms with Crippen LogP contribution < -0.4 is 0 Å². The first kappa shape index (κ1) is 14.3. The van der Waals surface area contributed by atoms with Crippen molar-refractivity contribution in [1.82, 2.24) is 0 Å². The van der Waals surface area contributed by atoms with Crippen molar-refractivity contribution in [2.24, 2.45) is 5.41 Å². The molecule has 4 heteroatoms. The Kier molecular flexibility index (Phi) is 4.44. The molecule has 1 aliphatic carbocycles. The molecule has 1 N–H and O–H groups in total. The van der Waals surface area contributed by atoms with E-state index < -0.39 is 11.0 Å². The van der Waals surface area contributed by atoms with Crippen molar-refractivity contribution in [2.75, 3.05) is 0 Å². The summed E-state index contributed by atoms with van der Waals surface area (Å²) in [5.74, 6) is -0.293. The summed E-state index contributed by atoms with van der Waals surface area (Å²) in [5.41, 5.74) is -2.77. The van der Waals surface area contributed by atoms with Crippen LogP contribution in [0.5, 0.6) is 0 Å². The maximum absolute atomic E-state index is 12.0. The standard InChI is InChI=1S/C13H17BrO3/c1-3-11(16)13(17,4-2)12(9-15)7-5-6-10(14)8-12/h5-7,9,17H,3-4,8H2,1-2H3/t12-,13+/m0/s1. The van der Waals surface area contributed by atoms with Gasteiger partial charge in [0.25, 0.3) is 0 Å². The molecule has 1 rings (SSSR count). The number of allylic oxidation sites excluding steroid dienone is 3. The normalized spacial score (nSPS) is 27.2. The zero-order valence-corrected chi connectivity index (χ0v) is 11.7. The van der Waals surface area contributed by atoms with Crippen molar-refractivity contribution >= 4 is 28.0 Å². The molecule has 0 aromatic heterocycles. The van der Waals surface area contributed by atoms with E-state index in [4.69, 9.17) is 0 Å². The highest BCUT2D eigenvalue weighted by atomic mass is 79.9. The van der Waals surface area contributed by atoms with Crippen LogP contribution in [0.25, 0.3) is 0 Å². The number of Topliss-reactive ketones (excluding diaryl/α,β-unsaturated/α-hetero) is 1. The Morgan fingerprint density at radius 1 is 1.65 bits per heavy atom. The van der Waals surface area contributed by atoms with Crippen molar-refractivity contribution in [3.63, 3.8) is 0 Å². The summed E-state index contributed by atoms with van der Waals surface area (Å²) < 4.78 is 0.808. The maximum atomic E-state index is 12.0. The van der Waals surface area contributed by atoms with Crippen molar-refractivity contribution in [3.8, 4) is 0 Å². The highest BCUT2D eigenvalue weighted by Gasteiger charge is 2.52. The van der Waals surface area contributed by atoms with Crippen LogP contribution in [-0.4, -0.2) is 22.8 Å². The lowest BCUT2D eigenvalue weighted by Crippen LogP contribution is -2.54. The summed E-state index contributed by atoms with van der Waals surface area (Å²) in [6, 6.07) is 0. The van der Waals surface area contributed by atoms with Crippen molar-refractivity contribution < 1.29 is 14.7 Å². The summed E-state index contributed by atoms with van der Waals surface area (Å²) in [7, 11) is 0. The number of aldehydes is 1. The minimum absolute atomic E-state index is 0.217. The second-order valence-electron chi connectivity index (χ2n) is 4.30. The SMILES string of the molecule is CCC(=O)[C@](O)(CC)[C@@]1(C=O)C=CC=C(Br)C1. The molecule has 0 amide bonds. The summed E-state index contributed by atoms with van der Waals surface area (Å²) >= 11 is 3.33. The second kappa shape index (κ2) is 5.27. The first-order valence-corrected chi connectivity index (χ1v) is 6.51. The Bertz CT molecular complexity index is 386. The van der Waals surface area contributed by atoms with Gasteiger partial charge in [0.15, 0.2) is 5.78 Å². The molecule has 17 heavy (non-hydrogen) atoms. The summed E-state index contributed by atoms with van der Waals surface area (Å²) in [6.45, 7) is 3.41. The fraction of sp³-hybridized carbons (Fsp3) is 0.538. The van der Waals surface area contributed by atoms with Gasteiger partial charge in [0.05, 0.1) is 5.41 Å². The van der Waals surface area contributed by atoms with Gasteiger partial charge in [-0.3, -0.25) is 4.79 Å². The van der Waals surface area contributed by atoms with Crippen LogP contribution in [0.3, 0.4) is 0 Å². The quantitative estimate of drug-likeness (QED) is 0.794. The smallest absolute Gasteiger partial charge is 0.165 e. The molecular formula is C13H17BrO3. The molecule has 0 saturated heterocycles. The molecule has 0 aromatic rings. The first-order chi connectivity index (χ1) is 7.95. The third-order valence-electron chi connectivity index (χ3n) is 3.41. The summed E-state index contributed by atoms with van der Waals surface area (Å²) in [4.78, 5) is 23.4. The van der Waals surface area contributed by atoms with Crippen molar-refractivity contribution in [1.29, 1.82) is 0 Å². The third-order valence-corrected chi connectivity index (χ3v) is 3.95. The Labute approximate surface area is 110 Å².